The number of carbonyl (C=O) groups excluding carboxylic acids is 2. The fourth-order valence-electron chi connectivity index (χ4n) is 5.00. The first-order valence-electron chi connectivity index (χ1n) is 11.2. The summed E-state index contributed by atoms with van der Waals surface area (Å²) in [5, 5.41) is 4.11. The number of amides is 1. The molecule has 0 saturated heterocycles. The van der Waals surface area contributed by atoms with Crippen LogP contribution < -0.4 is 10.2 Å². The second-order valence-corrected chi connectivity index (χ2v) is 9.26. The maximum absolute atomic E-state index is 13.8. The van der Waals surface area contributed by atoms with Crippen LogP contribution in [0.4, 0.5) is 11.4 Å². The quantitative estimate of drug-likeness (QED) is 0.474. The van der Waals surface area contributed by atoms with Crippen LogP contribution in [-0.2, 0) is 9.59 Å². The van der Waals surface area contributed by atoms with E-state index in [2.05, 4.69) is 36.5 Å². The highest BCUT2D eigenvalue weighted by Gasteiger charge is 2.40. The number of halogens is 1. The van der Waals surface area contributed by atoms with E-state index in [-0.39, 0.29) is 17.6 Å². The van der Waals surface area contributed by atoms with Crippen molar-refractivity contribution in [2.45, 2.75) is 38.6 Å². The Bertz CT molecular complexity index is 1280. The monoisotopic (exact) mass is 456 g/mol. The fraction of sp³-hybridized carbons (Fsp3) is 0.214. The minimum absolute atomic E-state index is 0.0540. The number of fused-ring (bicyclic) bond motifs is 1. The number of benzene rings is 3. The lowest BCUT2D eigenvalue weighted by molar-refractivity contribution is -0.117. The van der Waals surface area contributed by atoms with Crippen molar-refractivity contribution in [3.63, 3.8) is 0 Å². The molecular weight excluding hydrogens is 432 g/mol. The SMILES string of the molecule is CC(=O)N1c2ccccc2NC2=C(C(=O)C[C@H](c3ccc(C)cc3)C2)[C@H]1c1cccc(Cl)c1. The Morgan fingerprint density at radius 1 is 0.970 bits per heavy atom. The first-order chi connectivity index (χ1) is 15.9. The van der Waals surface area contributed by atoms with Gasteiger partial charge in [0.25, 0.3) is 0 Å². The van der Waals surface area contributed by atoms with Gasteiger partial charge < -0.3 is 5.32 Å². The van der Waals surface area contributed by atoms with Crippen LogP contribution in [0, 0.1) is 6.92 Å². The number of hydrogen-bond acceptors (Lipinski definition) is 3. The van der Waals surface area contributed by atoms with Crippen LogP contribution in [0.2, 0.25) is 5.02 Å². The smallest absolute Gasteiger partial charge is 0.224 e. The molecular formula is C28H25ClN2O2. The predicted octanol–water partition coefficient (Wildman–Crippen LogP) is 6.57. The van der Waals surface area contributed by atoms with E-state index in [9.17, 15) is 9.59 Å². The normalized spacial score (nSPS) is 20.0. The number of anilines is 2. The van der Waals surface area contributed by atoms with Crippen molar-refractivity contribution in [1.82, 2.24) is 0 Å². The third-order valence-corrected chi connectivity index (χ3v) is 6.78. The van der Waals surface area contributed by atoms with Gasteiger partial charge in [0.2, 0.25) is 5.91 Å². The van der Waals surface area contributed by atoms with Crippen molar-refractivity contribution in [1.29, 1.82) is 0 Å². The third kappa shape index (κ3) is 3.96. The molecule has 1 aliphatic heterocycles. The van der Waals surface area contributed by atoms with E-state index in [0.717, 1.165) is 28.2 Å². The van der Waals surface area contributed by atoms with Crippen molar-refractivity contribution in [2.24, 2.45) is 0 Å². The molecule has 0 spiro atoms. The van der Waals surface area contributed by atoms with Crippen molar-refractivity contribution in [3.8, 4) is 0 Å². The summed E-state index contributed by atoms with van der Waals surface area (Å²) in [4.78, 5) is 28.5. The van der Waals surface area contributed by atoms with Gasteiger partial charge in [0, 0.05) is 29.6 Å². The van der Waals surface area contributed by atoms with Crippen LogP contribution in [-0.4, -0.2) is 11.7 Å². The Kier molecular flexibility index (Phi) is 5.55. The maximum atomic E-state index is 13.8. The van der Waals surface area contributed by atoms with Gasteiger partial charge in [-0.2, -0.15) is 0 Å². The average Bonchev–Trinajstić information content (AvgIpc) is 2.94. The molecule has 1 heterocycles. The number of rotatable bonds is 2. The second-order valence-electron chi connectivity index (χ2n) is 8.82. The zero-order valence-electron chi connectivity index (χ0n) is 18.6. The third-order valence-electron chi connectivity index (χ3n) is 6.54. The lowest BCUT2D eigenvalue weighted by Crippen LogP contribution is -2.37. The largest absolute Gasteiger partial charge is 0.357 e. The summed E-state index contributed by atoms with van der Waals surface area (Å²) < 4.78 is 0. The molecule has 166 valence electrons. The van der Waals surface area contributed by atoms with Crippen LogP contribution in [0.3, 0.4) is 0 Å². The van der Waals surface area contributed by atoms with Gasteiger partial charge >= 0.3 is 0 Å². The standard InChI is InChI=1S/C28H25ClN2O2/c1-17-10-12-19(13-11-17)21-15-24-27(26(33)16-21)28(20-6-5-7-22(29)14-20)31(18(2)32)25-9-4-3-8-23(25)30-24/h3-14,21,28,30H,15-16H2,1-2H3/t21-,28-/m1/s1. The molecule has 1 aliphatic carbocycles. The van der Waals surface area contributed by atoms with Crippen LogP contribution in [0.5, 0.6) is 0 Å². The van der Waals surface area contributed by atoms with E-state index >= 15 is 0 Å². The lowest BCUT2D eigenvalue weighted by atomic mass is 9.78. The van der Waals surface area contributed by atoms with Gasteiger partial charge in [-0.25, -0.2) is 0 Å². The zero-order chi connectivity index (χ0) is 23.1. The molecule has 5 rings (SSSR count). The summed E-state index contributed by atoms with van der Waals surface area (Å²) in [7, 11) is 0. The lowest BCUT2D eigenvalue weighted by Gasteiger charge is -2.34. The summed E-state index contributed by atoms with van der Waals surface area (Å²) in [6.07, 6.45) is 1.10. The molecule has 2 atom stereocenters. The molecule has 2 aliphatic rings. The number of hydrogen-bond donors (Lipinski definition) is 1. The number of Topliss-reactive ketones (excluding diaryl/α,β-unsaturated/α-hetero) is 1. The van der Waals surface area contributed by atoms with Crippen molar-refractivity contribution in [2.75, 3.05) is 10.2 Å². The van der Waals surface area contributed by atoms with E-state index in [1.165, 1.54) is 5.56 Å². The molecule has 0 unspecified atom stereocenters. The van der Waals surface area contributed by atoms with Gasteiger partial charge in [0.15, 0.2) is 5.78 Å². The van der Waals surface area contributed by atoms with Crippen LogP contribution in [0.25, 0.3) is 0 Å². The van der Waals surface area contributed by atoms with Gasteiger partial charge in [-0.3, -0.25) is 14.5 Å². The number of aryl methyl sites for hydroxylation is 1. The number of nitrogens with zero attached hydrogens (tertiary/aromatic N) is 1. The van der Waals surface area contributed by atoms with E-state index in [4.69, 9.17) is 11.6 Å². The molecule has 3 aromatic carbocycles. The molecule has 0 aromatic heterocycles. The Hall–Kier alpha value is -3.37. The van der Waals surface area contributed by atoms with Crippen molar-refractivity contribution >= 4 is 34.7 Å². The molecule has 0 fully saturated rings. The average molecular weight is 457 g/mol. The van der Waals surface area contributed by atoms with E-state index < -0.39 is 6.04 Å². The summed E-state index contributed by atoms with van der Waals surface area (Å²) in [6, 6.07) is 23.0. The minimum Gasteiger partial charge on any atom is -0.357 e. The summed E-state index contributed by atoms with van der Waals surface area (Å²) in [5.74, 6) is 0.00944. The minimum atomic E-state index is -0.543. The highest BCUT2D eigenvalue weighted by atomic mass is 35.5. The Morgan fingerprint density at radius 2 is 1.73 bits per heavy atom. The molecule has 1 amide bonds. The van der Waals surface area contributed by atoms with Gasteiger partial charge in [0.1, 0.15) is 0 Å². The van der Waals surface area contributed by atoms with Gasteiger partial charge in [-0.05, 0) is 54.7 Å². The molecule has 0 bridgehead atoms. The van der Waals surface area contributed by atoms with Gasteiger partial charge in [-0.15, -0.1) is 0 Å². The van der Waals surface area contributed by atoms with Gasteiger partial charge in [0.05, 0.1) is 17.4 Å². The van der Waals surface area contributed by atoms with Crippen molar-refractivity contribution in [3.05, 3.63) is 106 Å². The number of ketones is 1. The molecule has 0 saturated carbocycles. The molecule has 4 nitrogen and oxygen atoms in total. The van der Waals surface area contributed by atoms with Gasteiger partial charge in [-0.1, -0.05) is 65.7 Å². The summed E-state index contributed by atoms with van der Waals surface area (Å²) >= 11 is 6.34. The number of nitrogens with one attached hydrogen (secondary N) is 1. The maximum Gasteiger partial charge on any atom is 0.224 e. The fourth-order valence-corrected chi connectivity index (χ4v) is 5.20. The number of allylic oxidation sites excluding steroid dienone is 1. The van der Waals surface area contributed by atoms with E-state index in [0.29, 0.717) is 23.4 Å². The molecule has 5 heteroatoms. The second kappa shape index (κ2) is 8.53. The summed E-state index contributed by atoms with van der Waals surface area (Å²) in [6.45, 7) is 3.61. The topological polar surface area (TPSA) is 49.4 Å². The highest BCUT2D eigenvalue weighted by Crippen LogP contribution is 2.47. The summed E-state index contributed by atoms with van der Waals surface area (Å²) in [5.41, 5.74) is 6.27. The van der Waals surface area contributed by atoms with Crippen LogP contribution in [0.15, 0.2) is 84.1 Å². The number of para-hydroxylation sites is 2. The highest BCUT2D eigenvalue weighted by molar-refractivity contribution is 6.30. The molecule has 3 aromatic rings. The molecule has 0 radical (unpaired) electrons. The Labute approximate surface area is 198 Å². The molecule has 33 heavy (non-hydrogen) atoms. The van der Waals surface area contributed by atoms with Crippen LogP contribution >= 0.6 is 11.6 Å². The van der Waals surface area contributed by atoms with E-state index in [1.807, 2.05) is 42.5 Å². The zero-order valence-corrected chi connectivity index (χ0v) is 19.4. The predicted molar refractivity (Wildman–Crippen MR) is 133 cm³/mol. The first kappa shape index (κ1) is 21.5. The number of carbonyl (C=O) groups is 2. The van der Waals surface area contributed by atoms with Crippen molar-refractivity contribution < 1.29 is 9.59 Å². The first-order valence-corrected chi connectivity index (χ1v) is 11.5. The van der Waals surface area contributed by atoms with E-state index in [1.54, 1.807) is 17.9 Å². The Balaban J connectivity index is 1.70. The van der Waals surface area contributed by atoms with Crippen LogP contribution in [0.1, 0.15) is 48.4 Å². The molecule has 1 N–H and O–H groups in total. The Morgan fingerprint density at radius 3 is 2.45 bits per heavy atom.